The molecule has 0 atom stereocenters. The van der Waals surface area contributed by atoms with E-state index >= 15 is 0 Å². The van der Waals surface area contributed by atoms with Crippen LogP contribution in [0.1, 0.15) is 25.8 Å². The van der Waals surface area contributed by atoms with E-state index in [9.17, 15) is 4.57 Å². The molecule has 1 N–H and O–H groups in total. The molecule has 0 radical (unpaired) electrons. The molecule has 0 aliphatic heterocycles. The van der Waals surface area contributed by atoms with Crippen molar-refractivity contribution in [2.45, 2.75) is 27.2 Å². The highest BCUT2D eigenvalue weighted by Crippen LogP contribution is 2.49. The Labute approximate surface area is 162 Å². The van der Waals surface area contributed by atoms with Gasteiger partial charge in [-0.05, 0) is 39.3 Å². The maximum atomic E-state index is 13.2. The minimum atomic E-state index is -3.54. The van der Waals surface area contributed by atoms with Crippen molar-refractivity contribution in [1.29, 1.82) is 0 Å². The summed E-state index contributed by atoms with van der Waals surface area (Å²) in [6.45, 7) is 6.77. The van der Waals surface area contributed by atoms with E-state index in [1.807, 2.05) is 31.2 Å². The van der Waals surface area contributed by atoms with Gasteiger partial charge in [-0.25, -0.2) is 0 Å². The molecule has 0 saturated heterocycles. The van der Waals surface area contributed by atoms with Crippen LogP contribution in [0, 0.1) is 6.92 Å². The van der Waals surface area contributed by atoms with Gasteiger partial charge in [-0.1, -0.05) is 40.3 Å². The highest BCUT2D eigenvalue weighted by atomic mass is 127. The van der Waals surface area contributed by atoms with Crippen molar-refractivity contribution in [3.63, 3.8) is 0 Å². The first-order chi connectivity index (χ1) is 12.0. The lowest BCUT2D eigenvalue weighted by Gasteiger charge is -2.15. The molecule has 0 spiro atoms. The van der Waals surface area contributed by atoms with E-state index in [0.29, 0.717) is 18.3 Å². The number of halogens is 1. The maximum Gasteiger partial charge on any atom is 0.385 e. The summed E-state index contributed by atoms with van der Waals surface area (Å²) in [6.07, 6.45) is 0.953. The van der Waals surface area contributed by atoms with E-state index in [2.05, 4.69) is 32.9 Å². The number of hydrogen-bond acceptors (Lipinski definition) is 6. The summed E-state index contributed by atoms with van der Waals surface area (Å²) in [7, 11) is -3.54. The van der Waals surface area contributed by atoms with Crippen molar-refractivity contribution in [3.8, 4) is 11.5 Å². The summed E-state index contributed by atoms with van der Waals surface area (Å²) in [5.74, 6) is 0.747. The third-order valence-corrected chi connectivity index (χ3v) is 6.14. The molecule has 0 aliphatic rings. The van der Waals surface area contributed by atoms with Crippen molar-refractivity contribution in [2.24, 2.45) is 0 Å². The Morgan fingerprint density at radius 1 is 1.20 bits per heavy atom. The number of alkyl halides is 1. The average Bonchev–Trinajstić information content (AvgIpc) is 3.01. The zero-order chi connectivity index (χ0) is 18.3. The number of aromatic nitrogens is 1. The second kappa shape index (κ2) is 9.71. The summed E-state index contributed by atoms with van der Waals surface area (Å²) >= 11 is 2.31. The Hall–Kier alpha value is -0.890. The zero-order valence-electron chi connectivity index (χ0n) is 14.8. The number of benzene rings is 1. The van der Waals surface area contributed by atoms with Gasteiger partial charge >= 0.3 is 7.60 Å². The summed E-state index contributed by atoms with van der Waals surface area (Å²) in [6, 6.07) is 7.80. The Morgan fingerprint density at radius 2 is 1.84 bits per heavy atom. The Bertz CT molecular complexity index is 708. The third kappa shape index (κ3) is 5.29. The molecule has 8 heteroatoms. The van der Waals surface area contributed by atoms with Gasteiger partial charge < -0.3 is 18.8 Å². The molecule has 0 bridgehead atoms. The smallest absolute Gasteiger partial charge is 0.385 e. The first-order valence-electron chi connectivity index (χ1n) is 8.31. The SMILES string of the molecule is CCOP(=O)(OCC)c1nc(-c2ccc(C)cc2)oc1NCCCI. The van der Waals surface area contributed by atoms with E-state index in [4.69, 9.17) is 13.5 Å². The van der Waals surface area contributed by atoms with Crippen LogP contribution in [0.15, 0.2) is 28.7 Å². The molecule has 25 heavy (non-hydrogen) atoms. The molecule has 1 heterocycles. The predicted molar refractivity (Wildman–Crippen MR) is 109 cm³/mol. The Balaban J connectivity index is 2.44. The van der Waals surface area contributed by atoms with Crippen LogP contribution in [-0.2, 0) is 13.6 Å². The third-order valence-electron chi connectivity index (χ3n) is 3.36. The number of aryl methyl sites for hydroxylation is 1. The molecular formula is C17H24IN2O4P. The van der Waals surface area contributed by atoms with Crippen LogP contribution >= 0.6 is 30.2 Å². The largest absolute Gasteiger partial charge is 0.420 e. The molecule has 138 valence electrons. The molecule has 2 rings (SSSR count). The molecule has 1 aromatic heterocycles. The first-order valence-corrected chi connectivity index (χ1v) is 11.4. The van der Waals surface area contributed by atoms with Gasteiger partial charge in [-0.3, -0.25) is 4.57 Å². The van der Waals surface area contributed by atoms with Gasteiger partial charge in [0.1, 0.15) is 0 Å². The van der Waals surface area contributed by atoms with Crippen molar-refractivity contribution >= 4 is 41.5 Å². The van der Waals surface area contributed by atoms with Gasteiger partial charge in [0, 0.05) is 16.5 Å². The summed E-state index contributed by atoms with van der Waals surface area (Å²) in [4.78, 5) is 4.45. The van der Waals surface area contributed by atoms with E-state index in [0.717, 1.165) is 22.0 Å². The minimum absolute atomic E-state index is 0.209. The first kappa shape index (κ1) is 20.4. The van der Waals surface area contributed by atoms with E-state index in [-0.39, 0.29) is 18.6 Å². The van der Waals surface area contributed by atoms with E-state index < -0.39 is 7.60 Å². The van der Waals surface area contributed by atoms with Crippen LogP contribution in [0.3, 0.4) is 0 Å². The number of hydrogen-bond donors (Lipinski definition) is 1. The molecule has 2 aromatic rings. The van der Waals surface area contributed by atoms with Crippen LogP contribution in [0.5, 0.6) is 0 Å². The number of anilines is 1. The van der Waals surface area contributed by atoms with Gasteiger partial charge in [0.25, 0.3) is 0 Å². The second-order valence-electron chi connectivity index (χ2n) is 5.34. The van der Waals surface area contributed by atoms with Crippen molar-refractivity contribution < 1.29 is 18.0 Å². The standard InChI is InChI=1S/C17H24IN2O4P/c1-4-22-25(21,23-5-2)17-16(19-12-6-11-18)24-15(20-17)14-9-7-13(3)8-10-14/h7-10,19H,4-6,11-12H2,1-3H3. The fourth-order valence-corrected chi connectivity index (χ4v) is 4.17. The summed E-state index contributed by atoms with van der Waals surface area (Å²) in [5.41, 5.74) is 2.17. The number of nitrogens with zero attached hydrogens (tertiary/aromatic N) is 1. The van der Waals surface area contributed by atoms with Crippen LogP contribution in [0.2, 0.25) is 0 Å². The van der Waals surface area contributed by atoms with Crippen LogP contribution < -0.4 is 10.8 Å². The molecule has 0 saturated carbocycles. The van der Waals surface area contributed by atoms with Gasteiger partial charge in [-0.15, -0.1) is 0 Å². The number of oxazole rings is 1. The lowest BCUT2D eigenvalue weighted by molar-refractivity contribution is 0.229. The van der Waals surface area contributed by atoms with Crippen LogP contribution in [-0.4, -0.2) is 29.2 Å². The van der Waals surface area contributed by atoms with Gasteiger partial charge in [0.15, 0.2) is 0 Å². The lowest BCUT2D eigenvalue weighted by Crippen LogP contribution is -2.17. The fraction of sp³-hybridized carbons (Fsp3) is 0.471. The fourth-order valence-electron chi connectivity index (χ4n) is 2.20. The van der Waals surface area contributed by atoms with E-state index in [1.54, 1.807) is 13.8 Å². The normalized spacial score (nSPS) is 11.7. The minimum Gasteiger partial charge on any atom is -0.420 e. The van der Waals surface area contributed by atoms with E-state index in [1.165, 1.54) is 0 Å². The summed E-state index contributed by atoms with van der Waals surface area (Å²) < 4.78 is 30.9. The second-order valence-corrected chi connectivity index (χ2v) is 8.35. The quantitative estimate of drug-likeness (QED) is 0.230. The topological polar surface area (TPSA) is 73.6 Å². The molecular weight excluding hydrogens is 454 g/mol. The predicted octanol–water partition coefficient (Wildman–Crippen LogP) is 4.78. The zero-order valence-corrected chi connectivity index (χ0v) is 17.8. The van der Waals surface area contributed by atoms with Crippen LogP contribution in [0.4, 0.5) is 5.88 Å². The average molecular weight is 478 g/mol. The van der Waals surface area contributed by atoms with Crippen LogP contribution in [0.25, 0.3) is 11.5 Å². The number of rotatable bonds is 10. The Morgan fingerprint density at radius 3 is 2.40 bits per heavy atom. The Kier molecular flexibility index (Phi) is 7.93. The molecule has 0 aliphatic carbocycles. The lowest BCUT2D eigenvalue weighted by atomic mass is 10.1. The molecule has 0 amide bonds. The highest BCUT2D eigenvalue weighted by Gasteiger charge is 2.35. The molecule has 6 nitrogen and oxygen atoms in total. The van der Waals surface area contributed by atoms with Crippen molar-refractivity contribution in [1.82, 2.24) is 4.98 Å². The molecule has 1 aromatic carbocycles. The van der Waals surface area contributed by atoms with Crippen molar-refractivity contribution in [3.05, 3.63) is 29.8 Å². The maximum absolute atomic E-state index is 13.2. The highest BCUT2D eigenvalue weighted by molar-refractivity contribution is 14.1. The number of nitrogens with one attached hydrogen (secondary N) is 1. The van der Waals surface area contributed by atoms with Gasteiger partial charge in [0.2, 0.25) is 17.2 Å². The monoisotopic (exact) mass is 478 g/mol. The molecule has 0 fully saturated rings. The summed E-state index contributed by atoms with van der Waals surface area (Å²) in [5, 5.41) is 3.17. The van der Waals surface area contributed by atoms with Gasteiger partial charge in [0.05, 0.1) is 13.2 Å². The van der Waals surface area contributed by atoms with Crippen molar-refractivity contribution in [2.75, 3.05) is 29.5 Å². The molecule has 0 unspecified atom stereocenters. The van der Waals surface area contributed by atoms with Gasteiger partial charge in [-0.2, -0.15) is 4.98 Å².